The number of nitrogens with zero attached hydrogens (tertiary/aromatic N) is 4. The first-order valence-electron chi connectivity index (χ1n) is 7.13. The van der Waals surface area contributed by atoms with Crippen LogP contribution in [0.5, 0.6) is 6.01 Å². The highest BCUT2D eigenvalue weighted by molar-refractivity contribution is 5.75. The Hall–Kier alpha value is -2.47. The summed E-state index contributed by atoms with van der Waals surface area (Å²) in [4.78, 5) is 18.4. The van der Waals surface area contributed by atoms with Crippen molar-refractivity contribution in [3.8, 4) is 6.01 Å². The molecule has 0 spiro atoms. The molecule has 0 saturated heterocycles. The highest BCUT2D eigenvalue weighted by atomic mass is 16.5. The summed E-state index contributed by atoms with van der Waals surface area (Å²) in [5, 5.41) is 0. The number of aryl methyl sites for hydroxylation is 1. The van der Waals surface area contributed by atoms with Crippen molar-refractivity contribution in [2.24, 2.45) is 0 Å². The van der Waals surface area contributed by atoms with Gasteiger partial charge in [-0.25, -0.2) is 15.0 Å². The Bertz CT molecular complexity index is 766. The zero-order valence-electron chi connectivity index (χ0n) is 13.0. The third-order valence-corrected chi connectivity index (χ3v) is 3.42. The maximum Gasteiger partial charge on any atom is 0.316 e. The summed E-state index contributed by atoms with van der Waals surface area (Å²) in [7, 11) is 3.60. The van der Waals surface area contributed by atoms with E-state index in [4.69, 9.17) is 4.74 Å². The molecule has 0 radical (unpaired) electrons. The molecule has 114 valence electrons. The second-order valence-electron chi connectivity index (χ2n) is 5.45. The average Bonchev–Trinajstić information content (AvgIpc) is 2.89. The summed E-state index contributed by atoms with van der Waals surface area (Å²) in [5.74, 6) is 0.956. The minimum atomic E-state index is 0.388. The van der Waals surface area contributed by atoms with Crippen LogP contribution in [0.15, 0.2) is 30.6 Å². The van der Waals surface area contributed by atoms with Gasteiger partial charge in [0.25, 0.3) is 0 Å². The van der Waals surface area contributed by atoms with Crippen LogP contribution in [0.4, 0.5) is 0 Å². The molecule has 0 aliphatic rings. The van der Waals surface area contributed by atoms with E-state index in [0.29, 0.717) is 6.01 Å². The molecule has 22 heavy (non-hydrogen) atoms. The zero-order chi connectivity index (χ0) is 15.5. The van der Waals surface area contributed by atoms with Crippen molar-refractivity contribution in [2.45, 2.75) is 20.0 Å². The van der Waals surface area contributed by atoms with Gasteiger partial charge in [-0.2, -0.15) is 0 Å². The van der Waals surface area contributed by atoms with Crippen LogP contribution < -0.4 is 4.74 Å². The molecule has 3 rings (SSSR count). The van der Waals surface area contributed by atoms with Gasteiger partial charge in [-0.15, -0.1) is 0 Å². The predicted octanol–water partition coefficient (Wildman–Crippen LogP) is 2.30. The molecular formula is C16H19N5O. The van der Waals surface area contributed by atoms with Gasteiger partial charge >= 0.3 is 6.01 Å². The Morgan fingerprint density at radius 1 is 1.18 bits per heavy atom. The van der Waals surface area contributed by atoms with E-state index >= 15 is 0 Å². The van der Waals surface area contributed by atoms with Crippen molar-refractivity contribution in [2.75, 3.05) is 14.2 Å². The van der Waals surface area contributed by atoms with Crippen LogP contribution in [0, 0.1) is 6.92 Å². The summed E-state index contributed by atoms with van der Waals surface area (Å²) in [6, 6.07) is 6.62. The summed E-state index contributed by atoms with van der Waals surface area (Å²) in [6.45, 7) is 3.57. The molecule has 6 nitrogen and oxygen atoms in total. The highest BCUT2D eigenvalue weighted by Gasteiger charge is 2.07. The number of aromatic nitrogens is 4. The molecular weight excluding hydrogens is 278 g/mol. The third-order valence-electron chi connectivity index (χ3n) is 3.42. The molecule has 3 aromatic rings. The molecule has 0 aliphatic carbocycles. The van der Waals surface area contributed by atoms with Crippen LogP contribution >= 0.6 is 0 Å². The topological polar surface area (TPSA) is 66.9 Å². The summed E-state index contributed by atoms with van der Waals surface area (Å²) >= 11 is 0. The monoisotopic (exact) mass is 297 g/mol. The smallest absolute Gasteiger partial charge is 0.316 e. The molecule has 0 saturated carbocycles. The van der Waals surface area contributed by atoms with E-state index in [9.17, 15) is 0 Å². The molecule has 1 N–H and O–H groups in total. The number of benzene rings is 1. The Labute approximate surface area is 129 Å². The number of imidazole rings is 1. The first-order chi connectivity index (χ1) is 10.6. The molecule has 0 atom stereocenters. The maximum atomic E-state index is 4.96. The molecule has 2 heterocycles. The molecule has 1 aromatic carbocycles. The van der Waals surface area contributed by atoms with Gasteiger partial charge in [0, 0.05) is 24.5 Å². The number of ether oxygens (including phenoxy) is 1. The van der Waals surface area contributed by atoms with Gasteiger partial charge in [0.2, 0.25) is 0 Å². The SMILES string of the molecule is COc1ncc(CN(C)Cc2nc3ccc(C)cc3[nH]2)cn1. The minimum absolute atomic E-state index is 0.388. The quantitative estimate of drug-likeness (QED) is 0.782. The molecule has 6 heteroatoms. The standard InChI is InChI=1S/C16H19N5O/c1-11-4-5-13-14(6-11)20-15(19-13)10-21(2)9-12-7-17-16(22-3)18-8-12/h4-8H,9-10H2,1-3H3,(H,19,20). The molecule has 0 bridgehead atoms. The lowest BCUT2D eigenvalue weighted by Gasteiger charge is -2.14. The van der Waals surface area contributed by atoms with Crippen molar-refractivity contribution in [1.82, 2.24) is 24.8 Å². The zero-order valence-corrected chi connectivity index (χ0v) is 13.0. The van der Waals surface area contributed by atoms with E-state index in [1.54, 1.807) is 19.5 Å². The van der Waals surface area contributed by atoms with Gasteiger partial charge in [0.15, 0.2) is 0 Å². The van der Waals surface area contributed by atoms with Gasteiger partial charge in [-0.1, -0.05) is 6.07 Å². The average molecular weight is 297 g/mol. The lowest BCUT2D eigenvalue weighted by molar-refractivity contribution is 0.310. The molecule has 0 fully saturated rings. The van der Waals surface area contributed by atoms with Gasteiger partial charge in [0.05, 0.1) is 24.7 Å². The second-order valence-corrected chi connectivity index (χ2v) is 5.45. The number of hydrogen-bond acceptors (Lipinski definition) is 5. The van der Waals surface area contributed by atoms with E-state index in [-0.39, 0.29) is 0 Å². The third kappa shape index (κ3) is 3.23. The van der Waals surface area contributed by atoms with Crippen LogP contribution in [-0.2, 0) is 13.1 Å². The summed E-state index contributed by atoms with van der Waals surface area (Å²) < 4.78 is 4.96. The van der Waals surface area contributed by atoms with E-state index < -0.39 is 0 Å². The molecule has 2 aromatic heterocycles. The number of methoxy groups -OCH3 is 1. The Kier molecular flexibility index (Phi) is 4.02. The predicted molar refractivity (Wildman–Crippen MR) is 84.6 cm³/mol. The van der Waals surface area contributed by atoms with Crippen molar-refractivity contribution in [1.29, 1.82) is 0 Å². The number of rotatable bonds is 5. The lowest BCUT2D eigenvalue weighted by Crippen LogP contribution is -2.18. The maximum absolute atomic E-state index is 4.96. The van der Waals surface area contributed by atoms with E-state index in [2.05, 4.69) is 43.9 Å². The molecule has 0 unspecified atom stereocenters. The fourth-order valence-electron chi connectivity index (χ4n) is 2.40. The number of hydrogen-bond donors (Lipinski definition) is 1. The van der Waals surface area contributed by atoms with Crippen molar-refractivity contribution < 1.29 is 4.74 Å². The van der Waals surface area contributed by atoms with Gasteiger partial charge in [-0.3, -0.25) is 4.90 Å². The van der Waals surface area contributed by atoms with Gasteiger partial charge in [0.1, 0.15) is 5.82 Å². The minimum Gasteiger partial charge on any atom is -0.467 e. The fourth-order valence-corrected chi connectivity index (χ4v) is 2.40. The van der Waals surface area contributed by atoms with Crippen molar-refractivity contribution in [3.05, 3.63) is 47.5 Å². The van der Waals surface area contributed by atoms with Gasteiger partial charge < -0.3 is 9.72 Å². The number of nitrogens with one attached hydrogen (secondary N) is 1. The second kappa shape index (κ2) is 6.11. The lowest BCUT2D eigenvalue weighted by atomic mass is 10.2. The Morgan fingerprint density at radius 3 is 2.68 bits per heavy atom. The Morgan fingerprint density at radius 2 is 1.95 bits per heavy atom. The number of H-pyrrole nitrogens is 1. The summed E-state index contributed by atoms with van der Waals surface area (Å²) in [6.07, 6.45) is 3.56. The first-order valence-corrected chi connectivity index (χ1v) is 7.13. The van der Waals surface area contributed by atoms with E-state index in [0.717, 1.165) is 35.5 Å². The van der Waals surface area contributed by atoms with Crippen LogP contribution in [0.1, 0.15) is 17.0 Å². The number of fused-ring (bicyclic) bond motifs is 1. The van der Waals surface area contributed by atoms with E-state index in [1.165, 1.54) is 5.56 Å². The molecule has 0 amide bonds. The number of aromatic amines is 1. The summed E-state index contributed by atoms with van der Waals surface area (Å²) in [5.41, 5.74) is 4.35. The van der Waals surface area contributed by atoms with Crippen LogP contribution in [0.3, 0.4) is 0 Å². The largest absolute Gasteiger partial charge is 0.467 e. The van der Waals surface area contributed by atoms with Crippen LogP contribution in [0.2, 0.25) is 0 Å². The van der Waals surface area contributed by atoms with Crippen LogP contribution in [-0.4, -0.2) is 39.0 Å². The fraction of sp³-hybridized carbons (Fsp3) is 0.312. The van der Waals surface area contributed by atoms with Crippen LogP contribution in [0.25, 0.3) is 11.0 Å². The Balaban J connectivity index is 1.67. The van der Waals surface area contributed by atoms with Gasteiger partial charge in [-0.05, 0) is 31.7 Å². The van der Waals surface area contributed by atoms with Crippen molar-refractivity contribution in [3.63, 3.8) is 0 Å². The highest BCUT2D eigenvalue weighted by Crippen LogP contribution is 2.14. The van der Waals surface area contributed by atoms with E-state index in [1.807, 2.05) is 13.1 Å². The van der Waals surface area contributed by atoms with Crippen molar-refractivity contribution >= 4 is 11.0 Å². The normalized spacial score (nSPS) is 11.3. The molecule has 0 aliphatic heterocycles. The first kappa shape index (κ1) is 14.5.